The van der Waals surface area contributed by atoms with E-state index < -0.39 is 28.9 Å². The molecule has 1 unspecified atom stereocenters. The van der Waals surface area contributed by atoms with Crippen molar-refractivity contribution < 1.29 is 31.9 Å². The highest BCUT2D eigenvalue weighted by Crippen LogP contribution is 2.59. The van der Waals surface area contributed by atoms with Crippen molar-refractivity contribution in [3.63, 3.8) is 0 Å². The molecule has 2 amide bonds. The van der Waals surface area contributed by atoms with Gasteiger partial charge < -0.3 is 14.5 Å². The Morgan fingerprint density at radius 3 is 2.36 bits per heavy atom. The van der Waals surface area contributed by atoms with Crippen molar-refractivity contribution in [1.82, 2.24) is 4.90 Å². The van der Waals surface area contributed by atoms with Crippen LogP contribution in [0.4, 0.5) is 23.2 Å². The predicted octanol–water partition coefficient (Wildman–Crippen LogP) is 2.89. The highest BCUT2D eigenvalue weighted by atomic mass is 19.4. The molecular formula is C19H20F4N2O3. The number of morpholine rings is 1. The molecule has 4 rings (SSSR count). The topological polar surface area (TPSA) is 49.9 Å². The Kier molecular flexibility index (Phi) is 4.41. The fourth-order valence-corrected chi connectivity index (χ4v) is 4.14. The molecule has 152 valence electrons. The van der Waals surface area contributed by atoms with Crippen LogP contribution in [0.5, 0.6) is 0 Å². The summed E-state index contributed by atoms with van der Waals surface area (Å²) < 4.78 is 59.0. The Bertz CT molecular complexity index is 791. The highest BCUT2D eigenvalue weighted by Gasteiger charge is 2.69. The number of likely N-dealkylation sites (tertiary alicyclic amines) is 1. The number of carbonyl (C=O) groups is 2. The zero-order valence-corrected chi connectivity index (χ0v) is 15.1. The third kappa shape index (κ3) is 3.15. The molecule has 0 N–H and O–H groups in total. The zero-order chi connectivity index (χ0) is 20.2. The molecule has 1 aliphatic carbocycles. The standard InChI is InChI=1S/C19H20F4N2O3/c20-13-2-4-14(5-3-13)25-12-17(28-10-15(25)26)6-1-9-24(11-17)16(27)18(7-8-18)19(21,22)23/h2-5H,1,6-12H2. The largest absolute Gasteiger partial charge is 0.403 e. The fraction of sp³-hybridized carbons (Fsp3) is 0.579. The zero-order valence-electron chi connectivity index (χ0n) is 15.1. The number of piperidine rings is 1. The van der Waals surface area contributed by atoms with Gasteiger partial charge >= 0.3 is 6.18 Å². The van der Waals surface area contributed by atoms with Crippen molar-refractivity contribution in [3.05, 3.63) is 30.1 Å². The third-order valence-electron chi connectivity index (χ3n) is 5.92. The Morgan fingerprint density at radius 1 is 1.07 bits per heavy atom. The van der Waals surface area contributed by atoms with E-state index in [1.807, 2.05) is 0 Å². The van der Waals surface area contributed by atoms with E-state index in [0.717, 1.165) is 0 Å². The van der Waals surface area contributed by atoms with Crippen LogP contribution in [-0.4, -0.2) is 54.7 Å². The van der Waals surface area contributed by atoms with Gasteiger partial charge in [-0.3, -0.25) is 9.59 Å². The van der Waals surface area contributed by atoms with Crippen LogP contribution in [0.25, 0.3) is 0 Å². The maximum Gasteiger partial charge on any atom is 0.403 e. The Morgan fingerprint density at radius 2 is 1.75 bits per heavy atom. The maximum atomic E-state index is 13.3. The smallest absolute Gasteiger partial charge is 0.361 e. The summed E-state index contributed by atoms with van der Waals surface area (Å²) in [5.74, 6) is -1.64. The van der Waals surface area contributed by atoms with E-state index in [0.29, 0.717) is 18.5 Å². The van der Waals surface area contributed by atoms with Crippen LogP contribution < -0.4 is 4.90 Å². The maximum absolute atomic E-state index is 13.3. The normalized spacial score (nSPS) is 27.2. The summed E-state index contributed by atoms with van der Waals surface area (Å²) in [6.45, 7) is 0.130. The number of benzene rings is 1. The van der Waals surface area contributed by atoms with Gasteiger partial charge in [-0.25, -0.2) is 4.39 Å². The number of nitrogens with zero attached hydrogens (tertiary/aromatic N) is 2. The number of halogens is 4. The van der Waals surface area contributed by atoms with Crippen molar-refractivity contribution in [1.29, 1.82) is 0 Å². The summed E-state index contributed by atoms with van der Waals surface area (Å²) in [6.07, 6.45) is -3.90. The number of carbonyl (C=O) groups excluding carboxylic acids is 2. The molecule has 0 aromatic heterocycles. The van der Waals surface area contributed by atoms with Crippen molar-refractivity contribution in [2.45, 2.75) is 37.5 Å². The van der Waals surface area contributed by atoms with Gasteiger partial charge in [-0.15, -0.1) is 0 Å². The molecule has 1 aromatic rings. The van der Waals surface area contributed by atoms with Crippen LogP contribution in [0, 0.1) is 11.2 Å². The minimum absolute atomic E-state index is 0.00857. The number of hydrogen-bond donors (Lipinski definition) is 0. The second-order valence-corrected chi connectivity index (χ2v) is 7.84. The fourth-order valence-electron chi connectivity index (χ4n) is 4.14. The van der Waals surface area contributed by atoms with E-state index in [4.69, 9.17) is 4.74 Å². The van der Waals surface area contributed by atoms with Crippen molar-refractivity contribution in [2.24, 2.45) is 5.41 Å². The highest BCUT2D eigenvalue weighted by molar-refractivity contribution is 5.95. The monoisotopic (exact) mass is 400 g/mol. The average Bonchev–Trinajstić information content (AvgIpc) is 3.46. The first-order valence-corrected chi connectivity index (χ1v) is 9.22. The number of rotatable bonds is 2. The summed E-state index contributed by atoms with van der Waals surface area (Å²) >= 11 is 0. The number of ether oxygens (including phenoxy) is 1. The van der Waals surface area contributed by atoms with Gasteiger partial charge in [0, 0.05) is 12.2 Å². The number of amides is 2. The van der Waals surface area contributed by atoms with Crippen LogP contribution in [-0.2, 0) is 14.3 Å². The summed E-state index contributed by atoms with van der Waals surface area (Å²) in [7, 11) is 0. The quantitative estimate of drug-likeness (QED) is 0.718. The predicted molar refractivity (Wildman–Crippen MR) is 91.0 cm³/mol. The Hall–Kier alpha value is -2.16. The van der Waals surface area contributed by atoms with Gasteiger partial charge in [0.2, 0.25) is 5.91 Å². The first kappa shape index (κ1) is 19.2. The Balaban J connectivity index is 1.53. The molecule has 2 saturated heterocycles. The van der Waals surface area contributed by atoms with E-state index in [1.165, 1.54) is 34.1 Å². The van der Waals surface area contributed by atoms with E-state index in [-0.39, 0.29) is 45.0 Å². The molecular weight excluding hydrogens is 380 g/mol. The molecule has 1 saturated carbocycles. The lowest BCUT2D eigenvalue weighted by atomic mass is 9.89. The molecule has 5 nitrogen and oxygen atoms in total. The van der Waals surface area contributed by atoms with Gasteiger partial charge in [0.25, 0.3) is 5.91 Å². The summed E-state index contributed by atoms with van der Waals surface area (Å²) in [4.78, 5) is 27.6. The molecule has 0 radical (unpaired) electrons. The van der Waals surface area contributed by atoms with Gasteiger partial charge in [0.1, 0.15) is 23.4 Å². The summed E-state index contributed by atoms with van der Waals surface area (Å²) in [5.41, 5.74) is -2.68. The second kappa shape index (κ2) is 6.43. The van der Waals surface area contributed by atoms with Crippen molar-refractivity contribution in [3.8, 4) is 0 Å². The molecule has 28 heavy (non-hydrogen) atoms. The van der Waals surface area contributed by atoms with Gasteiger partial charge in [-0.05, 0) is 49.9 Å². The molecule has 9 heteroatoms. The molecule has 0 bridgehead atoms. The molecule has 2 heterocycles. The van der Waals surface area contributed by atoms with Crippen LogP contribution >= 0.6 is 0 Å². The second-order valence-electron chi connectivity index (χ2n) is 7.84. The third-order valence-corrected chi connectivity index (χ3v) is 5.92. The van der Waals surface area contributed by atoms with Gasteiger partial charge in [-0.1, -0.05) is 0 Å². The number of anilines is 1. The summed E-state index contributed by atoms with van der Waals surface area (Å²) in [6, 6.07) is 5.42. The van der Waals surface area contributed by atoms with Gasteiger partial charge in [0.05, 0.1) is 13.1 Å². The van der Waals surface area contributed by atoms with Crippen LogP contribution in [0.1, 0.15) is 25.7 Å². The SMILES string of the molecule is O=C1COC2(CCCN(C(=O)C3(C(F)(F)F)CC3)C2)CN1c1ccc(F)cc1. The van der Waals surface area contributed by atoms with Crippen LogP contribution in [0.15, 0.2) is 24.3 Å². The van der Waals surface area contributed by atoms with Gasteiger partial charge in [0.15, 0.2) is 0 Å². The number of alkyl halides is 3. The summed E-state index contributed by atoms with van der Waals surface area (Å²) in [5, 5.41) is 0. The molecule has 2 aliphatic heterocycles. The number of hydrogen-bond acceptors (Lipinski definition) is 3. The Labute approximate surface area is 159 Å². The first-order chi connectivity index (χ1) is 13.2. The minimum Gasteiger partial charge on any atom is -0.361 e. The van der Waals surface area contributed by atoms with E-state index >= 15 is 0 Å². The van der Waals surface area contributed by atoms with E-state index in [2.05, 4.69) is 0 Å². The van der Waals surface area contributed by atoms with Crippen molar-refractivity contribution in [2.75, 3.05) is 31.1 Å². The van der Waals surface area contributed by atoms with Crippen LogP contribution in [0.2, 0.25) is 0 Å². The first-order valence-electron chi connectivity index (χ1n) is 9.22. The van der Waals surface area contributed by atoms with Crippen molar-refractivity contribution >= 4 is 17.5 Å². The molecule has 1 aromatic carbocycles. The lowest BCUT2D eigenvalue weighted by Gasteiger charge is -2.48. The molecule has 3 fully saturated rings. The average molecular weight is 400 g/mol. The lowest BCUT2D eigenvalue weighted by Crippen LogP contribution is -2.63. The molecule has 3 aliphatic rings. The van der Waals surface area contributed by atoms with Gasteiger partial charge in [-0.2, -0.15) is 13.2 Å². The minimum atomic E-state index is -4.56. The molecule has 1 spiro atoms. The lowest BCUT2D eigenvalue weighted by molar-refractivity contribution is -0.202. The molecule has 1 atom stereocenters. The van der Waals surface area contributed by atoms with E-state index in [9.17, 15) is 27.2 Å². The van der Waals surface area contributed by atoms with E-state index in [1.54, 1.807) is 0 Å². The van der Waals surface area contributed by atoms with Crippen LogP contribution in [0.3, 0.4) is 0 Å².